The molecule has 0 spiro atoms. The predicted octanol–water partition coefficient (Wildman–Crippen LogP) is 4.68. The molecule has 104 valence electrons. The molecule has 20 heavy (non-hydrogen) atoms. The summed E-state index contributed by atoms with van der Waals surface area (Å²) in [7, 11) is 1.33. The van der Waals surface area contributed by atoms with Gasteiger partial charge in [-0.2, -0.15) is 0 Å². The molecule has 0 fully saturated rings. The summed E-state index contributed by atoms with van der Waals surface area (Å²) in [6.07, 6.45) is -0.479. The topological polar surface area (TPSA) is 50.4 Å². The number of carbonyl (C=O) groups excluding carboxylic acids is 1. The number of rotatable bonds is 3. The van der Waals surface area contributed by atoms with E-state index in [2.05, 4.69) is 31.3 Å². The second kappa shape index (κ2) is 6.43. The molecular weight excluding hydrogens is 320 g/mol. The van der Waals surface area contributed by atoms with E-state index in [9.17, 15) is 4.79 Å². The van der Waals surface area contributed by atoms with E-state index in [4.69, 9.17) is 0 Å². The summed E-state index contributed by atoms with van der Waals surface area (Å²) >= 11 is 3.50. The largest absolute Gasteiger partial charge is 0.453 e. The zero-order chi connectivity index (χ0) is 14.5. The van der Waals surface area contributed by atoms with E-state index in [1.807, 2.05) is 49.4 Å². The number of ether oxygens (including phenoxy) is 1. The van der Waals surface area contributed by atoms with Crippen LogP contribution in [-0.4, -0.2) is 13.2 Å². The van der Waals surface area contributed by atoms with E-state index >= 15 is 0 Å². The number of anilines is 3. The van der Waals surface area contributed by atoms with Crippen molar-refractivity contribution in [3.05, 3.63) is 52.5 Å². The van der Waals surface area contributed by atoms with Gasteiger partial charge in [0.05, 0.1) is 7.11 Å². The maximum atomic E-state index is 11.1. The standard InChI is InChI=1S/C15H15BrN2O2/c1-10-3-4-13(9-14(10)16)17-11-5-7-12(8-6-11)18-15(19)20-2/h3-9,17H,1-2H3,(H,18,19). The number of benzene rings is 2. The first kappa shape index (κ1) is 14.4. The molecule has 0 saturated carbocycles. The minimum absolute atomic E-state index is 0.479. The molecule has 0 saturated heterocycles. The maximum absolute atomic E-state index is 11.1. The van der Waals surface area contributed by atoms with Gasteiger partial charge < -0.3 is 10.1 Å². The molecule has 2 rings (SSSR count). The van der Waals surface area contributed by atoms with Crippen LogP contribution >= 0.6 is 15.9 Å². The Morgan fingerprint density at radius 2 is 1.65 bits per heavy atom. The molecule has 4 nitrogen and oxygen atoms in total. The molecule has 0 aliphatic rings. The minimum atomic E-state index is -0.479. The van der Waals surface area contributed by atoms with E-state index in [0.717, 1.165) is 15.8 Å². The van der Waals surface area contributed by atoms with Crippen LogP contribution in [0.5, 0.6) is 0 Å². The van der Waals surface area contributed by atoms with E-state index < -0.39 is 6.09 Å². The smallest absolute Gasteiger partial charge is 0.411 e. The summed E-state index contributed by atoms with van der Waals surface area (Å²) in [6, 6.07) is 13.5. The number of hydrogen-bond donors (Lipinski definition) is 2. The normalized spacial score (nSPS) is 9.95. The number of nitrogens with one attached hydrogen (secondary N) is 2. The summed E-state index contributed by atoms with van der Waals surface area (Å²) in [5.74, 6) is 0. The minimum Gasteiger partial charge on any atom is -0.453 e. The van der Waals surface area contributed by atoms with Crippen molar-refractivity contribution in [3.8, 4) is 0 Å². The van der Waals surface area contributed by atoms with Crippen molar-refractivity contribution in [2.24, 2.45) is 0 Å². The molecule has 2 N–H and O–H groups in total. The summed E-state index contributed by atoms with van der Waals surface area (Å²) in [6.45, 7) is 2.04. The Hall–Kier alpha value is -2.01. The van der Waals surface area contributed by atoms with E-state index in [0.29, 0.717) is 5.69 Å². The van der Waals surface area contributed by atoms with Crippen LogP contribution in [0.1, 0.15) is 5.56 Å². The highest BCUT2D eigenvalue weighted by atomic mass is 79.9. The zero-order valence-electron chi connectivity index (χ0n) is 11.2. The van der Waals surface area contributed by atoms with Crippen LogP contribution in [0.25, 0.3) is 0 Å². The van der Waals surface area contributed by atoms with Gasteiger partial charge in [-0.1, -0.05) is 22.0 Å². The van der Waals surface area contributed by atoms with Gasteiger partial charge in [-0.3, -0.25) is 5.32 Å². The highest BCUT2D eigenvalue weighted by Crippen LogP contribution is 2.24. The van der Waals surface area contributed by atoms with Crippen LogP contribution in [0.4, 0.5) is 21.9 Å². The third-order valence-corrected chi connectivity index (χ3v) is 3.63. The van der Waals surface area contributed by atoms with Gasteiger partial charge >= 0.3 is 6.09 Å². The zero-order valence-corrected chi connectivity index (χ0v) is 12.8. The lowest BCUT2D eigenvalue weighted by molar-refractivity contribution is 0.187. The van der Waals surface area contributed by atoms with Gasteiger partial charge in [-0.15, -0.1) is 0 Å². The Kier molecular flexibility index (Phi) is 4.63. The molecule has 0 heterocycles. The lowest BCUT2D eigenvalue weighted by atomic mass is 10.2. The second-order valence-electron chi connectivity index (χ2n) is 4.28. The molecule has 5 heteroatoms. The van der Waals surface area contributed by atoms with Gasteiger partial charge in [0.25, 0.3) is 0 Å². The van der Waals surface area contributed by atoms with Crippen molar-refractivity contribution in [1.29, 1.82) is 0 Å². The van der Waals surface area contributed by atoms with Gasteiger partial charge in [0, 0.05) is 21.5 Å². The number of amides is 1. The van der Waals surface area contributed by atoms with E-state index in [1.165, 1.54) is 12.7 Å². The van der Waals surface area contributed by atoms with Crippen molar-refractivity contribution in [1.82, 2.24) is 0 Å². The lowest BCUT2D eigenvalue weighted by Gasteiger charge is -2.09. The van der Waals surface area contributed by atoms with Gasteiger partial charge in [0.1, 0.15) is 0 Å². The SMILES string of the molecule is COC(=O)Nc1ccc(Nc2ccc(C)c(Br)c2)cc1. The highest BCUT2D eigenvalue weighted by Gasteiger charge is 2.01. The summed E-state index contributed by atoms with van der Waals surface area (Å²) in [5, 5.41) is 5.90. The Morgan fingerprint density at radius 3 is 2.25 bits per heavy atom. The number of carbonyl (C=O) groups is 1. The average molecular weight is 335 g/mol. The second-order valence-corrected chi connectivity index (χ2v) is 5.14. The fraction of sp³-hybridized carbons (Fsp3) is 0.133. The van der Waals surface area contributed by atoms with Crippen molar-refractivity contribution in [2.75, 3.05) is 17.7 Å². The Balaban J connectivity index is 2.06. The molecule has 1 amide bonds. The van der Waals surface area contributed by atoms with Gasteiger partial charge in [0.2, 0.25) is 0 Å². The first-order chi connectivity index (χ1) is 9.58. The summed E-state index contributed by atoms with van der Waals surface area (Å²) in [5.41, 5.74) is 3.81. The fourth-order valence-electron chi connectivity index (χ4n) is 1.64. The fourth-order valence-corrected chi connectivity index (χ4v) is 2.02. The molecule has 0 aromatic heterocycles. The van der Waals surface area contributed by atoms with Gasteiger partial charge in [0.15, 0.2) is 0 Å². The van der Waals surface area contributed by atoms with E-state index in [-0.39, 0.29) is 0 Å². The molecule has 0 aliphatic heterocycles. The van der Waals surface area contributed by atoms with Crippen molar-refractivity contribution in [2.45, 2.75) is 6.92 Å². The first-order valence-corrected chi connectivity index (χ1v) is 6.86. The molecule has 0 unspecified atom stereocenters. The van der Waals surface area contributed by atoms with Crippen molar-refractivity contribution >= 4 is 39.1 Å². The molecule has 0 aliphatic carbocycles. The van der Waals surface area contributed by atoms with Gasteiger partial charge in [-0.05, 0) is 48.9 Å². The number of aryl methyl sites for hydroxylation is 1. The van der Waals surface area contributed by atoms with E-state index in [1.54, 1.807) is 0 Å². The van der Waals surface area contributed by atoms with Crippen LogP contribution < -0.4 is 10.6 Å². The van der Waals surface area contributed by atoms with Crippen LogP contribution in [0.3, 0.4) is 0 Å². The lowest BCUT2D eigenvalue weighted by Crippen LogP contribution is -2.10. The van der Waals surface area contributed by atoms with Crippen LogP contribution in [0.2, 0.25) is 0 Å². The molecule has 0 radical (unpaired) electrons. The number of methoxy groups -OCH3 is 1. The predicted molar refractivity (Wildman–Crippen MR) is 84.6 cm³/mol. The molecule has 2 aromatic carbocycles. The number of halogens is 1. The Labute approximate surface area is 126 Å². The average Bonchev–Trinajstić information content (AvgIpc) is 2.45. The van der Waals surface area contributed by atoms with Crippen LogP contribution in [-0.2, 0) is 4.74 Å². The molecule has 2 aromatic rings. The Morgan fingerprint density at radius 1 is 1.05 bits per heavy atom. The molecular formula is C15H15BrN2O2. The maximum Gasteiger partial charge on any atom is 0.411 e. The molecule has 0 atom stereocenters. The van der Waals surface area contributed by atoms with Crippen LogP contribution in [0, 0.1) is 6.92 Å². The third-order valence-electron chi connectivity index (χ3n) is 2.78. The van der Waals surface area contributed by atoms with Gasteiger partial charge in [-0.25, -0.2) is 4.79 Å². The monoisotopic (exact) mass is 334 g/mol. The third kappa shape index (κ3) is 3.74. The molecule has 0 bridgehead atoms. The van der Waals surface area contributed by atoms with Crippen molar-refractivity contribution < 1.29 is 9.53 Å². The number of hydrogen-bond acceptors (Lipinski definition) is 3. The Bertz CT molecular complexity index is 612. The first-order valence-electron chi connectivity index (χ1n) is 6.06. The summed E-state index contributed by atoms with van der Waals surface area (Å²) < 4.78 is 5.60. The highest BCUT2D eigenvalue weighted by molar-refractivity contribution is 9.10. The van der Waals surface area contributed by atoms with Crippen LogP contribution in [0.15, 0.2) is 46.9 Å². The van der Waals surface area contributed by atoms with Crippen molar-refractivity contribution in [3.63, 3.8) is 0 Å². The summed E-state index contributed by atoms with van der Waals surface area (Å²) in [4.78, 5) is 11.1. The quantitative estimate of drug-likeness (QED) is 0.856.